The highest BCUT2D eigenvalue weighted by molar-refractivity contribution is 7.80. The average Bonchev–Trinajstić information content (AvgIpc) is 2.38. The Hall–Kier alpha value is -1.87. The van der Waals surface area contributed by atoms with Crippen LogP contribution in [0.4, 0.5) is 5.69 Å². The predicted molar refractivity (Wildman–Crippen MR) is 80.7 cm³/mol. The van der Waals surface area contributed by atoms with Crippen LogP contribution in [0.2, 0.25) is 0 Å². The molecule has 2 nitrogen and oxygen atoms in total. The zero-order valence-corrected chi connectivity index (χ0v) is 11.1. The Bertz CT molecular complexity index is 523. The van der Waals surface area contributed by atoms with Crippen LogP contribution < -0.4 is 10.6 Å². The van der Waals surface area contributed by atoms with Gasteiger partial charge in [-0.2, -0.15) is 0 Å². The molecule has 0 spiro atoms. The summed E-state index contributed by atoms with van der Waals surface area (Å²) in [6.45, 7) is 2.82. The van der Waals surface area contributed by atoms with Crippen LogP contribution in [0, 0.1) is 6.92 Å². The summed E-state index contributed by atoms with van der Waals surface area (Å²) < 4.78 is 0. The Morgan fingerprint density at radius 1 is 1.06 bits per heavy atom. The zero-order valence-electron chi connectivity index (χ0n) is 10.3. The molecule has 0 saturated carbocycles. The van der Waals surface area contributed by atoms with Crippen molar-refractivity contribution in [3.63, 3.8) is 0 Å². The maximum Gasteiger partial charge on any atom is 0.171 e. The van der Waals surface area contributed by atoms with E-state index in [4.69, 9.17) is 12.2 Å². The summed E-state index contributed by atoms with van der Waals surface area (Å²) in [7, 11) is 0. The van der Waals surface area contributed by atoms with E-state index < -0.39 is 0 Å². The van der Waals surface area contributed by atoms with Gasteiger partial charge in [0.15, 0.2) is 5.11 Å². The molecule has 0 aliphatic heterocycles. The molecule has 2 N–H and O–H groups in total. The Balaban J connectivity index is 1.85. The molecule has 2 aromatic carbocycles. The highest BCUT2D eigenvalue weighted by atomic mass is 32.1. The molecular weight excluding hydrogens is 240 g/mol. The van der Waals surface area contributed by atoms with E-state index in [1.54, 1.807) is 0 Å². The number of nitrogens with one attached hydrogen (secondary N) is 2. The molecule has 18 heavy (non-hydrogen) atoms. The minimum Gasteiger partial charge on any atom is -0.358 e. The smallest absolute Gasteiger partial charge is 0.171 e. The van der Waals surface area contributed by atoms with E-state index in [1.165, 1.54) is 11.1 Å². The van der Waals surface area contributed by atoms with Gasteiger partial charge in [0.05, 0.1) is 0 Å². The van der Waals surface area contributed by atoms with Gasteiger partial charge < -0.3 is 10.6 Å². The van der Waals surface area contributed by atoms with E-state index in [-0.39, 0.29) is 0 Å². The summed E-state index contributed by atoms with van der Waals surface area (Å²) >= 11 is 5.25. The van der Waals surface area contributed by atoms with Crippen molar-refractivity contribution >= 4 is 23.0 Å². The lowest BCUT2D eigenvalue weighted by Gasteiger charge is -2.10. The first-order chi connectivity index (χ1) is 8.74. The number of benzene rings is 2. The van der Waals surface area contributed by atoms with Crippen LogP contribution in [0.5, 0.6) is 0 Å². The fourth-order valence-corrected chi connectivity index (χ4v) is 1.89. The second kappa shape index (κ2) is 6.17. The number of aryl methyl sites for hydroxylation is 1. The monoisotopic (exact) mass is 256 g/mol. The molecule has 0 aliphatic carbocycles. The summed E-state index contributed by atoms with van der Waals surface area (Å²) in [5.74, 6) is 0. The summed E-state index contributed by atoms with van der Waals surface area (Å²) in [5.41, 5.74) is 3.49. The fraction of sp³-hybridized carbons (Fsp3) is 0.133. The van der Waals surface area contributed by atoms with Crippen LogP contribution in [0.25, 0.3) is 0 Å². The molecule has 2 aromatic rings. The topological polar surface area (TPSA) is 24.1 Å². The molecule has 0 heterocycles. The van der Waals surface area contributed by atoms with Crippen LogP contribution >= 0.6 is 12.2 Å². The van der Waals surface area contributed by atoms with E-state index in [9.17, 15) is 0 Å². The Kier molecular flexibility index (Phi) is 4.31. The molecule has 0 aliphatic rings. The number of hydrogen-bond acceptors (Lipinski definition) is 1. The third-order valence-corrected chi connectivity index (χ3v) is 2.81. The number of rotatable bonds is 3. The van der Waals surface area contributed by atoms with Crippen molar-refractivity contribution in [3.8, 4) is 0 Å². The fourth-order valence-electron chi connectivity index (χ4n) is 1.70. The molecule has 0 saturated heterocycles. The van der Waals surface area contributed by atoms with Gasteiger partial charge in [-0.25, -0.2) is 0 Å². The molecule has 0 atom stereocenters. The summed E-state index contributed by atoms with van der Waals surface area (Å²) in [6.07, 6.45) is 0. The number of hydrogen-bond donors (Lipinski definition) is 2. The van der Waals surface area contributed by atoms with Crippen LogP contribution in [-0.4, -0.2) is 5.11 Å². The van der Waals surface area contributed by atoms with Gasteiger partial charge in [0, 0.05) is 12.2 Å². The van der Waals surface area contributed by atoms with Crippen LogP contribution in [0.1, 0.15) is 11.1 Å². The summed E-state index contributed by atoms with van der Waals surface area (Å²) in [4.78, 5) is 0. The first-order valence-electron chi connectivity index (χ1n) is 5.89. The molecular formula is C15H16N2S. The molecule has 0 amide bonds. The Morgan fingerprint density at radius 2 is 1.83 bits per heavy atom. The van der Waals surface area contributed by atoms with E-state index in [0.717, 1.165) is 12.2 Å². The normalized spacial score (nSPS) is 9.83. The van der Waals surface area contributed by atoms with Gasteiger partial charge in [-0.1, -0.05) is 48.0 Å². The standard InChI is InChI=1S/C15H16N2S/c1-12-6-5-7-13(10-12)11-16-15(18)17-14-8-3-2-4-9-14/h2-10H,11H2,1H3,(H2,16,17,18). The van der Waals surface area contributed by atoms with Gasteiger partial charge in [0.2, 0.25) is 0 Å². The number of thiocarbonyl (C=S) groups is 1. The van der Waals surface area contributed by atoms with Crippen molar-refractivity contribution in [2.45, 2.75) is 13.5 Å². The van der Waals surface area contributed by atoms with Gasteiger partial charge in [-0.05, 0) is 36.8 Å². The van der Waals surface area contributed by atoms with Crippen molar-refractivity contribution in [1.82, 2.24) is 5.32 Å². The second-order valence-electron chi connectivity index (χ2n) is 4.16. The lowest BCUT2D eigenvalue weighted by atomic mass is 10.1. The van der Waals surface area contributed by atoms with Crippen molar-refractivity contribution in [1.29, 1.82) is 0 Å². The minimum absolute atomic E-state index is 0.641. The van der Waals surface area contributed by atoms with Crippen molar-refractivity contribution in [3.05, 3.63) is 65.7 Å². The maximum atomic E-state index is 5.25. The lowest BCUT2D eigenvalue weighted by Crippen LogP contribution is -2.27. The molecule has 0 unspecified atom stereocenters. The van der Waals surface area contributed by atoms with Gasteiger partial charge in [-0.3, -0.25) is 0 Å². The number of para-hydroxylation sites is 1. The van der Waals surface area contributed by atoms with Gasteiger partial charge in [0.25, 0.3) is 0 Å². The average molecular weight is 256 g/mol. The van der Waals surface area contributed by atoms with E-state index in [1.807, 2.05) is 30.3 Å². The van der Waals surface area contributed by atoms with Crippen molar-refractivity contribution in [2.75, 3.05) is 5.32 Å². The van der Waals surface area contributed by atoms with Crippen LogP contribution in [0.15, 0.2) is 54.6 Å². The first-order valence-corrected chi connectivity index (χ1v) is 6.30. The molecule has 0 radical (unpaired) electrons. The Morgan fingerprint density at radius 3 is 2.56 bits per heavy atom. The molecule has 2 rings (SSSR count). The predicted octanol–water partition coefficient (Wildman–Crippen LogP) is 3.48. The Labute approximate surface area is 113 Å². The first kappa shape index (κ1) is 12.6. The zero-order chi connectivity index (χ0) is 12.8. The van der Waals surface area contributed by atoms with Crippen LogP contribution in [-0.2, 0) is 6.54 Å². The quantitative estimate of drug-likeness (QED) is 0.822. The maximum absolute atomic E-state index is 5.25. The molecule has 0 aromatic heterocycles. The van der Waals surface area contributed by atoms with Crippen molar-refractivity contribution in [2.24, 2.45) is 0 Å². The highest BCUT2D eigenvalue weighted by Crippen LogP contribution is 2.06. The number of anilines is 1. The van der Waals surface area contributed by atoms with Gasteiger partial charge in [0.1, 0.15) is 0 Å². The van der Waals surface area contributed by atoms with Crippen molar-refractivity contribution < 1.29 is 0 Å². The highest BCUT2D eigenvalue weighted by Gasteiger charge is 1.97. The largest absolute Gasteiger partial charge is 0.358 e. The second-order valence-corrected chi connectivity index (χ2v) is 4.57. The molecule has 92 valence electrons. The van der Waals surface area contributed by atoms with Gasteiger partial charge >= 0.3 is 0 Å². The van der Waals surface area contributed by atoms with E-state index >= 15 is 0 Å². The molecule has 0 fully saturated rings. The van der Waals surface area contributed by atoms with E-state index in [0.29, 0.717) is 5.11 Å². The SMILES string of the molecule is Cc1cccc(CNC(=S)Nc2ccccc2)c1. The third-order valence-electron chi connectivity index (χ3n) is 2.57. The molecule has 0 bridgehead atoms. The van der Waals surface area contributed by atoms with E-state index in [2.05, 4.69) is 41.8 Å². The molecule has 3 heteroatoms. The lowest BCUT2D eigenvalue weighted by molar-refractivity contribution is 0.924. The van der Waals surface area contributed by atoms with Crippen LogP contribution in [0.3, 0.4) is 0 Å². The third kappa shape index (κ3) is 3.86. The minimum atomic E-state index is 0.641. The van der Waals surface area contributed by atoms with Gasteiger partial charge in [-0.15, -0.1) is 0 Å². The summed E-state index contributed by atoms with van der Waals surface area (Å²) in [5, 5.41) is 6.98. The summed E-state index contributed by atoms with van der Waals surface area (Å²) in [6, 6.07) is 18.3.